The van der Waals surface area contributed by atoms with E-state index in [-0.39, 0.29) is 0 Å². The predicted octanol–water partition coefficient (Wildman–Crippen LogP) is 2.85. The van der Waals surface area contributed by atoms with Gasteiger partial charge in [0.05, 0.1) is 13.2 Å². The van der Waals surface area contributed by atoms with Gasteiger partial charge in [-0.3, -0.25) is 0 Å². The van der Waals surface area contributed by atoms with Crippen molar-refractivity contribution >= 4 is 22.9 Å². The van der Waals surface area contributed by atoms with Gasteiger partial charge in [0, 0.05) is 67.1 Å². The molecule has 0 aliphatic carbocycles. The Kier molecular flexibility index (Phi) is 11.0. The van der Waals surface area contributed by atoms with Crippen molar-refractivity contribution in [3.63, 3.8) is 0 Å². The van der Waals surface area contributed by atoms with E-state index in [1.165, 1.54) is 12.8 Å². The minimum absolute atomic E-state index is 0.706. The summed E-state index contributed by atoms with van der Waals surface area (Å²) in [7, 11) is 0. The van der Waals surface area contributed by atoms with E-state index in [4.69, 9.17) is 9.47 Å². The summed E-state index contributed by atoms with van der Waals surface area (Å²) in [6, 6.07) is 0. The molecule has 114 valence electrons. The number of unbranched alkanes of at least 4 members (excludes halogenated alkanes) is 2. The Morgan fingerprint density at radius 1 is 1.05 bits per heavy atom. The maximum absolute atomic E-state index is 5.48. The quantitative estimate of drug-likeness (QED) is 0.311. The zero-order valence-corrected chi connectivity index (χ0v) is 14.3. The van der Waals surface area contributed by atoms with Gasteiger partial charge in [-0.05, 0) is 26.2 Å². The second-order valence-corrected chi connectivity index (χ2v) is 5.83. The Hall–Kier alpha value is -0.310. The third-order valence-electron chi connectivity index (χ3n) is 2.73. The highest BCUT2D eigenvalue weighted by Gasteiger charge is 2.02. The molecule has 0 spiro atoms. The number of hydrogen-bond donors (Lipinski definition) is 0. The Balaban J connectivity index is 1.91. The highest BCUT2D eigenvalue weighted by molar-refractivity contribution is 14.1. The van der Waals surface area contributed by atoms with Gasteiger partial charge in [-0.15, -0.1) is 0 Å². The van der Waals surface area contributed by atoms with Gasteiger partial charge in [-0.25, -0.2) is 13.1 Å². The molecule has 1 heterocycles. The van der Waals surface area contributed by atoms with Crippen LogP contribution in [0.5, 0.6) is 0 Å². The molecular weight excluding hydrogens is 369 g/mol. The predicted molar refractivity (Wildman–Crippen MR) is 87.6 cm³/mol. The molecule has 5 nitrogen and oxygen atoms in total. The first-order chi connectivity index (χ1) is 9.83. The monoisotopic (exact) mass is 393 g/mol. The third kappa shape index (κ3) is 9.57. The van der Waals surface area contributed by atoms with Crippen LogP contribution in [0.3, 0.4) is 0 Å². The Bertz CT molecular complexity index is 327. The average molecular weight is 393 g/mol. The molecule has 0 radical (unpaired) electrons. The van der Waals surface area contributed by atoms with E-state index in [0.29, 0.717) is 13.2 Å². The molecule has 0 saturated heterocycles. The van der Waals surface area contributed by atoms with Crippen molar-refractivity contribution in [1.82, 2.24) is 13.1 Å². The van der Waals surface area contributed by atoms with Crippen molar-refractivity contribution in [2.24, 2.45) is 0 Å². The lowest BCUT2D eigenvalue weighted by Crippen LogP contribution is -2.13. The van der Waals surface area contributed by atoms with Crippen molar-refractivity contribution in [2.45, 2.75) is 32.7 Å². The lowest BCUT2D eigenvalue weighted by atomic mass is 10.2. The molecule has 0 atom stereocenters. The molecule has 0 aliphatic heterocycles. The summed E-state index contributed by atoms with van der Waals surface area (Å²) in [5.41, 5.74) is 1.15. The summed E-state index contributed by atoms with van der Waals surface area (Å²) in [5, 5.41) is 0. The Morgan fingerprint density at radius 3 is 2.55 bits per heavy atom. The van der Waals surface area contributed by atoms with Gasteiger partial charge in [0.2, 0.25) is 0 Å². The topological polar surface area (TPSA) is 47.5 Å². The van der Waals surface area contributed by atoms with Crippen molar-refractivity contribution in [3.05, 3.63) is 24.3 Å². The molecule has 1 aromatic heterocycles. The summed E-state index contributed by atoms with van der Waals surface area (Å²) in [4.78, 5) is 8.04. The fourth-order valence-electron chi connectivity index (χ4n) is 1.72. The van der Waals surface area contributed by atoms with Crippen LogP contribution in [0.15, 0.2) is 18.7 Å². The van der Waals surface area contributed by atoms with Gasteiger partial charge in [0.15, 0.2) is 0 Å². The van der Waals surface area contributed by atoms with Gasteiger partial charge in [0.25, 0.3) is 0 Å². The van der Waals surface area contributed by atoms with Crippen molar-refractivity contribution in [2.75, 3.05) is 33.0 Å². The van der Waals surface area contributed by atoms with E-state index in [2.05, 4.69) is 35.9 Å². The molecule has 0 saturated carbocycles. The second kappa shape index (κ2) is 12.4. The normalized spacial score (nSPS) is 11.2. The van der Waals surface area contributed by atoms with Crippen molar-refractivity contribution < 1.29 is 9.47 Å². The van der Waals surface area contributed by atoms with Crippen LogP contribution >= 0.6 is 22.9 Å². The lowest BCUT2D eigenvalue weighted by molar-refractivity contribution is 0.0512. The second-order valence-electron chi connectivity index (χ2n) is 4.46. The van der Waals surface area contributed by atoms with Gasteiger partial charge in [-0.2, -0.15) is 0 Å². The van der Waals surface area contributed by atoms with Crippen LogP contribution in [0, 0.1) is 0 Å². The van der Waals surface area contributed by atoms with E-state index in [0.717, 1.165) is 38.3 Å². The maximum Gasteiger partial charge on any atom is 0.115 e. The maximum atomic E-state index is 5.48. The van der Waals surface area contributed by atoms with Gasteiger partial charge < -0.3 is 9.47 Å². The summed E-state index contributed by atoms with van der Waals surface area (Å²) in [5.74, 6) is 0. The molecule has 0 unspecified atom stereocenters. The van der Waals surface area contributed by atoms with E-state index >= 15 is 0 Å². The lowest BCUT2D eigenvalue weighted by Gasteiger charge is -2.13. The van der Waals surface area contributed by atoms with Crippen LogP contribution < -0.4 is 0 Å². The number of rotatable bonds is 12. The standard InChI is InChI=1S/C14H24IN3O2/c1-2-19-8-9-20-7-5-3-4-6-18(15)12-14-10-16-13-17-11-14/h10-11,13H,2-9,12H2,1H3. The zero-order valence-electron chi connectivity index (χ0n) is 12.1. The van der Waals surface area contributed by atoms with Crippen molar-refractivity contribution in [1.29, 1.82) is 0 Å². The summed E-state index contributed by atoms with van der Waals surface area (Å²) < 4.78 is 13.0. The van der Waals surface area contributed by atoms with Crippen LogP contribution in [-0.2, 0) is 16.0 Å². The van der Waals surface area contributed by atoms with E-state index in [9.17, 15) is 0 Å². The Labute approximate surface area is 135 Å². The molecule has 0 aromatic carbocycles. The molecular formula is C14H24IN3O2. The summed E-state index contributed by atoms with van der Waals surface area (Å²) in [6.07, 6.45) is 8.79. The largest absolute Gasteiger partial charge is 0.379 e. The van der Waals surface area contributed by atoms with Gasteiger partial charge in [-0.1, -0.05) is 0 Å². The molecule has 0 N–H and O–H groups in total. The Morgan fingerprint density at radius 2 is 1.80 bits per heavy atom. The number of ether oxygens (including phenoxy) is 2. The fourth-order valence-corrected chi connectivity index (χ4v) is 2.45. The fraction of sp³-hybridized carbons (Fsp3) is 0.714. The summed E-state index contributed by atoms with van der Waals surface area (Å²) >= 11 is 2.36. The number of hydrogen-bond acceptors (Lipinski definition) is 5. The highest BCUT2D eigenvalue weighted by Crippen LogP contribution is 2.09. The first-order valence-corrected chi connectivity index (χ1v) is 8.09. The smallest absolute Gasteiger partial charge is 0.115 e. The molecule has 6 heteroatoms. The van der Waals surface area contributed by atoms with E-state index in [1.807, 2.05) is 19.3 Å². The SMILES string of the molecule is CCOCCOCCCCCN(I)Cc1cncnc1. The van der Waals surface area contributed by atoms with Crippen molar-refractivity contribution in [3.8, 4) is 0 Å². The first-order valence-electron chi connectivity index (χ1n) is 7.13. The van der Waals surface area contributed by atoms with Crippen LogP contribution in [0.1, 0.15) is 31.7 Å². The molecule has 1 rings (SSSR count). The highest BCUT2D eigenvalue weighted by atomic mass is 127. The molecule has 20 heavy (non-hydrogen) atoms. The minimum Gasteiger partial charge on any atom is -0.379 e. The van der Waals surface area contributed by atoms with Gasteiger partial charge in [0.1, 0.15) is 6.33 Å². The summed E-state index contributed by atoms with van der Waals surface area (Å²) in [6.45, 7) is 6.98. The van der Waals surface area contributed by atoms with Crippen LogP contribution in [-0.4, -0.2) is 46.1 Å². The number of halogens is 1. The third-order valence-corrected chi connectivity index (χ3v) is 3.56. The first kappa shape index (κ1) is 17.7. The van der Waals surface area contributed by atoms with Crippen LogP contribution in [0.4, 0.5) is 0 Å². The number of aromatic nitrogens is 2. The van der Waals surface area contributed by atoms with E-state index < -0.39 is 0 Å². The van der Waals surface area contributed by atoms with E-state index in [1.54, 1.807) is 6.33 Å². The molecule has 0 aliphatic rings. The van der Waals surface area contributed by atoms with Crippen LogP contribution in [0.2, 0.25) is 0 Å². The van der Waals surface area contributed by atoms with Crippen LogP contribution in [0.25, 0.3) is 0 Å². The van der Waals surface area contributed by atoms with Gasteiger partial charge >= 0.3 is 0 Å². The molecule has 0 fully saturated rings. The molecule has 0 amide bonds. The minimum atomic E-state index is 0.706. The number of nitrogens with zero attached hydrogens (tertiary/aromatic N) is 3. The zero-order chi connectivity index (χ0) is 14.5. The average Bonchev–Trinajstić information content (AvgIpc) is 2.46. The molecule has 0 bridgehead atoms. The molecule has 1 aromatic rings.